The number of hydrogen-bond acceptors (Lipinski definition) is 5. The van der Waals surface area contributed by atoms with E-state index in [2.05, 4.69) is 28.9 Å². The first-order valence-corrected chi connectivity index (χ1v) is 7.49. The molecular weight excluding hydrogens is 240 g/mol. The number of hydrogen-bond donors (Lipinski definition) is 1. The van der Waals surface area contributed by atoms with Gasteiger partial charge in [-0.15, -0.1) is 5.10 Å². The Balaban J connectivity index is 2.05. The average molecular weight is 266 g/mol. The summed E-state index contributed by atoms with van der Waals surface area (Å²) >= 11 is 0. The summed E-state index contributed by atoms with van der Waals surface area (Å²) in [6.45, 7) is 6.06. The van der Waals surface area contributed by atoms with Crippen molar-refractivity contribution in [1.82, 2.24) is 10.2 Å². The molecule has 0 spiro atoms. The van der Waals surface area contributed by atoms with Crippen LogP contribution in [0.4, 0.5) is 6.01 Å². The third-order valence-electron chi connectivity index (χ3n) is 3.77. The number of nitrogens with two attached hydrogens (primary N) is 1. The second-order valence-electron chi connectivity index (χ2n) is 5.83. The van der Waals surface area contributed by atoms with E-state index in [0.29, 0.717) is 36.8 Å². The lowest BCUT2D eigenvalue weighted by molar-refractivity contribution is 0.445. The SMILES string of the molecule is CC(C)CCN(c1nnc(CCN)o1)C1CCCC1. The molecule has 0 saturated heterocycles. The van der Waals surface area contributed by atoms with Crippen LogP contribution in [-0.4, -0.2) is 29.3 Å². The van der Waals surface area contributed by atoms with Gasteiger partial charge in [-0.25, -0.2) is 0 Å². The molecule has 0 amide bonds. The Morgan fingerprint density at radius 1 is 1.32 bits per heavy atom. The maximum atomic E-state index is 5.75. The topological polar surface area (TPSA) is 68.2 Å². The van der Waals surface area contributed by atoms with Crippen LogP contribution in [0.25, 0.3) is 0 Å². The number of nitrogens with zero attached hydrogens (tertiary/aromatic N) is 3. The van der Waals surface area contributed by atoms with Crippen molar-refractivity contribution in [2.75, 3.05) is 18.0 Å². The summed E-state index contributed by atoms with van der Waals surface area (Å²) in [7, 11) is 0. The van der Waals surface area contributed by atoms with Gasteiger partial charge in [0.1, 0.15) is 0 Å². The van der Waals surface area contributed by atoms with Crippen LogP contribution < -0.4 is 10.6 Å². The van der Waals surface area contributed by atoms with Crippen LogP contribution in [0.2, 0.25) is 0 Å². The molecule has 108 valence electrons. The van der Waals surface area contributed by atoms with Crippen molar-refractivity contribution in [1.29, 1.82) is 0 Å². The highest BCUT2D eigenvalue weighted by Gasteiger charge is 2.26. The van der Waals surface area contributed by atoms with Gasteiger partial charge in [-0.3, -0.25) is 0 Å². The van der Waals surface area contributed by atoms with Crippen LogP contribution in [0.15, 0.2) is 4.42 Å². The Morgan fingerprint density at radius 2 is 2.05 bits per heavy atom. The number of rotatable bonds is 7. The van der Waals surface area contributed by atoms with E-state index in [4.69, 9.17) is 10.2 Å². The number of aromatic nitrogens is 2. The van der Waals surface area contributed by atoms with Crippen molar-refractivity contribution in [3.05, 3.63) is 5.89 Å². The van der Waals surface area contributed by atoms with E-state index in [1.807, 2.05) is 0 Å². The van der Waals surface area contributed by atoms with Gasteiger partial charge >= 0.3 is 6.01 Å². The highest BCUT2D eigenvalue weighted by molar-refractivity contribution is 5.27. The molecule has 0 atom stereocenters. The molecule has 1 aliphatic carbocycles. The maximum absolute atomic E-state index is 5.75. The van der Waals surface area contributed by atoms with E-state index >= 15 is 0 Å². The molecular formula is C14H26N4O. The molecule has 2 N–H and O–H groups in total. The molecule has 1 aliphatic rings. The Morgan fingerprint density at radius 3 is 2.68 bits per heavy atom. The summed E-state index contributed by atoms with van der Waals surface area (Å²) in [6, 6.07) is 1.26. The zero-order valence-corrected chi connectivity index (χ0v) is 12.1. The van der Waals surface area contributed by atoms with Crippen LogP contribution in [0.1, 0.15) is 51.8 Å². The molecule has 0 radical (unpaired) electrons. The quantitative estimate of drug-likeness (QED) is 0.820. The first kappa shape index (κ1) is 14.3. The van der Waals surface area contributed by atoms with E-state index < -0.39 is 0 Å². The largest absolute Gasteiger partial charge is 0.408 e. The lowest BCUT2D eigenvalue weighted by Gasteiger charge is -2.27. The van der Waals surface area contributed by atoms with Gasteiger partial charge in [0.15, 0.2) is 0 Å². The summed E-state index contributed by atoms with van der Waals surface area (Å²) in [5, 5.41) is 8.30. The fourth-order valence-corrected chi connectivity index (χ4v) is 2.63. The molecule has 0 bridgehead atoms. The molecule has 1 saturated carbocycles. The smallest absolute Gasteiger partial charge is 0.318 e. The van der Waals surface area contributed by atoms with Crippen LogP contribution >= 0.6 is 0 Å². The van der Waals surface area contributed by atoms with Crippen LogP contribution in [0.5, 0.6) is 0 Å². The van der Waals surface area contributed by atoms with Gasteiger partial charge in [0.05, 0.1) is 0 Å². The molecule has 0 aromatic carbocycles. The molecule has 5 heteroatoms. The van der Waals surface area contributed by atoms with Gasteiger partial charge in [-0.05, 0) is 25.2 Å². The molecule has 2 rings (SSSR count). The second-order valence-corrected chi connectivity index (χ2v) is 5.83. The van der Waals surface area contributed by atoms with Crippen molar-refractivity contribution >= 4 is 6.01 Å². The van der Waals surface area contributed by atoms with Gasteiger partial charge in [0, 0.05) is 25.6 Å². The minimum atomic E-state index is 0.553. The van der Waals surface area contributed by atoms with Crippen LogP contribution in [-0.2, 0) is 6.42 Å². The Labute approximate surface area is 115 Å². The molecule has 1 aromatic rings. The Kier molecular flexibility index (Phi) is 5.19. The van der Waals surface area contributed by atoms with E-state index in [9.17, 15) is 0 Å². The molecule has 0 aliphatic heterocycles. The first-order chi connectivity index (χ1) is 9.20. The summed E-state index contributed by atoms with van der Waals surface area (Å²) in [5.41, 5.74) is 5.53. The minimum absolute atomic E-state index is 0.553. The summed E-state index contributed by atoms with van der Waals surface area (Å²) in [5.74, 6) is 1.35. The van der Waals surface area contributed by atoms with Gasteiger partial charge in [0.2, 0.25) is 5.89 Å². The Hall–Kier alpha value is -1.10. The van der Waals surface area contributed by atoms with Crippen molar-refractivity contribution in [3.63, 3.8) is 0 Å². The van der Waals surface area contributed by atoms with Gasteiger partial charge in [-0.2, -0.15) is 0 Å². The van der Waals surface area contributed by atoms with E-state index in [1.165, 1.54) is 25.7 Å². The highest BCUT2D eigenvalue weighted by atomic mass is 16.4. The summed E-state index contributed by atoms with van der Waals surface area (Å²) in [4.78, 5) is 2.32. The lowest BCUT2D eigenvalue weighted by Crippen LogP contribution is -2.35. The molecule has 1 aromatic heterocycles. The van der Waals surface area contributed by atoms with Crippen molar-refractivity contribution in [2.24, 2.45) is 11.7 Å². The number of anilines is 1. The zero-order chi connectivity index (χ0) is 13.7. The monoisotopic (exact) mass is 266 g/mol. The average Bonchev–Trinajstić information content (AvgIpc) is 3.01. The molecule has 19 heavy (non-hydrogen) atoms. The van der Waals surface area contributed by atoms with E-state index in [0.717, 1.165) is 13.0 Å². The van der Waals surface area contributed by atoms with E-state index in [-0.39, 0.29) is 0 Å². The maximum Gasteiger partial charge on any atom is 0.318 e. The van der Waals surface area contributed by atoms with Crippen molar-refractivity contribution in [3.8, 4) is 0 Å². The first-order valence-electron chi connectivity index (χ1n) is 7.49. The minimum Gasteiger partial charge on any atom is -0.408 e. The Bertz CT molecular complexity index is 371. The standard InChI is InChI=1S/C14H26N4O/c1-11(2)8-10-18(12-5-3-4-6-12)14-17-16-13(19-14)7-9-15/h11-12H,3-10,15H2,1-2H3. The van der Waals surface area contributed by atoms with Gasteiger partial charge in [0.25, 0.3) is 0 Å². The summed E-state index contributed by atoms with van der Waals surface area (Å²) in [6.07, 6.45) is 6.93. The molecule has 1 heterocycles. The third kappa shape index (κ3) is 3.93. The third-order valence-corrected chi connectivity index (χ3v) is 3.77. The predicted octanol–water partition coefficient (Wildman–Crippen LogP) is 2.37. The van der Waals surface area contributed by atoms with Crippen molar-refractivity contribution in [2.45, 2.75) is 58.4 Å². The summed E-state index contributed by atoms with van der Waals surface area (Å²) < 4.78 is 5.75. The van der Waals surface area contributed by atoms with Crippen LogP contribution in [0, 0.1) is 5.92 Å². The molecule has 0 unspecified atom stereocenters. The highest BCUT2D eigenvalue weighted by Crippen LogP contribution is 2.28. The zero-order valence-electron chi connectivity index (χ0n) is 12.1. The van der Waals surface area contributed by atoms with Crippen molar-refractivity contribution < 1.29 is 4.42 Å². The van der Waals surface area contributed by atoms with E-state index in [1.54, 1.807) is 0 Å². The predicted molar refractivity (Wildman–Crippen MR) is 76.1 cm³/mol. The normalized spacial score (nSPS) is 16.4. The van der Waals surface area contributed by atoms with Gasteiger partial charge < -0.3 is 15.1 Å². The fraction of sp³-hybridized carbons (Fsp3) is 0.857. The lowest BCUT2D eigenvalue weighted by atomic mass is 10.1. The molecule has 1 fully saturated rings. The fourth-order valence-electron chi connectivity index (χ4n) is 2.63. The molecule has 5 nitrogen and oxygen atoms in total. The van der Waals surface area contributed by atoms with Gasteiger partial charge in [-0.1, -0.05) is 31.8 Å². The second kappa shape index (κ2) is 6.89. The van der Waals surface area contributed by atoms with Crippen LogP contribution in [0.3, 0.4) is 0 Å².